The predicted octanol–water partition coefficient (Wildman–Crippen LogP) is 2.64. The van der Waals surface area contributed by atoms with Crippen molar-refractivity contribution < 1.29 is 22.7 Å². The van der Waals surface area contributed by atoms with Crippen LogP contribution in [0.4, 0.5) is 18.9 Å². The minimum atomic E-state index is -4.54. The zero-order valence-electron chi connectivity index (χ0n) is 12.5. The summed E-state index contributed by atoms with van der Waals surface area (Å²) in [5.41, 5.74) is -0.442. The number of alkyl halides is 3. The highest BCUT2D eigenvalue weighted by atomic mass is 19.4. The molecule has 2 rings (SSSR count). The molecule has 0 fully saturated rings. The molecule has 0 atom stereocenters. The van der Waals surface area contributed by atoms with Crippen LogP contribution < -0.4 is 10.1 Å². The highest BCUT2D eigenvalue weighted by Gasteiger charge is 2.34. The number of carbonyl (C=O) groups is 1. The van der Waals surface area contributed by atoms with Crippen molar-refractivity contribution in [2.45, 2.75) is 26.6 Å². The lowest BCUT2D eigenvalue weighted by Crippen LogP contribution is -2.21. The lowest BCUT2D eigenvalue weighted by molar-refractivity contribution is -0.141. The Labute approximate surface area is 130 Å². The first-order chi connectivity index (χ1) is 10.8. The molecule has 1 amide bonds. The lowest BCUT2D eigenvalue weighted by Gasteiger charge is -2.10. The molecule has 0 aliphatic carbocycles. The van der Waals surface area contributed by atoms with Crippen molar-refractivity contribution in [3.8, 4) is 5.88 Å². The average molecular weight is 328 g/mol. The van der Waals surface area contributed by atoms with Gasteiger partial charge in [0.25, 0.3) is 0 Å². The van der Waals surface area contributed by atoms with Crippen LogP contribution in [0.25, 0.3) is 0 Å². The minimum absolute atomic E-state index is 0.240. The molecule has 0 radical (unpaired) electrons. The average Bonchev–Trinajstić information content (AvgIpc) is 2.82. The maximum absolute atomic E-state index is 12.6. The molecule has 0 spiro atoms. The number of nitrogens with zero attached hydrogens (tertiary/aromatic N) is 3. The third-order valence-electron chi connectivity index (χ3n) is 2.89. The van der Waals surface area contributed by atoms with Gasteiger partial charge in [0, 0.05) is 11.9 Å². The smallest absolute Gasteiger partial charge is 0.435 e. The van der Waals surface area contributed by atoms with E-state index in [9.17, 15) is 18.0 Å². The summed E-state index contributed by atoms with van der Waals surface area (Å²) < 4.78 is 44.1. The quantitative estimate of drug-likeness (QED) is 0.916. The fraction of sp³-hybridized carbons (Fsp3) is 0.357. The number of aryl methyl sites for hydroxylation is 1. The Morgan fingerprint density at radius 3 is 2.78 bits per heavy atom. The highest BCUT2D eigenvalue weighted by Crippen LogP contribution is 2.28. The number of nitrogens with one attached hydrogen (secondary N) is 1. The van der Waals surface area contributed by atoms with Crippen molar-refractivity contribution in [3.05, 3.63) is 35.8 Å². The molecule has 0 saturated carbocycles. The number of aromatic nitrogens is 3. The standard InChI is InChI=1S/C14H15F3N4O2/c1-3-23-13-10(5-4-6-18-13)19-12(22)8-21-9(2)7-11(20-21)14(15,16)17/h4-7H,3,8H2,1-2H3,(H,19,22). The Hall–Kier alpha value is -2.58. The van der Waals surface area contributed by atoms with Gasteiger partial charge in [0.1, 0.15) is 12.2 Å². The normalized spacial score (nSPS) is 11.3. The van der Waals surface area contributed by atoms with Crippen LogP contribution in [0.15, 0.2) is 24.4 Å². The van der Waals surface area contributed by atoms with E-state index in [-0.39, 0.29) is 18.1 Å². The first-order valence-corrected chi connectivity index (χ1v) is 6.80. The van der Waals surface area contributed by atoms with E-state index in [0.29, 0.717) is 12.3 Å². The van der Waals surface area contributed by atoms with Gasteiger partial charge in [-0.25, -0.2) is 4.98 Å². The highest BCUT2D eigenvalue weighted by molar-refractivity contribution is 5.91. The molecule has 0 aliphatic rings. The number of carbonyl (C=O) groups excluding carboxylic acids is 1. The van der Waals surface area contributed by atoms with Crippen LogP contribution in [0.2, 0.25) is 0 Å². The molecule has 0 unspecified atom stereocenters. The van der Waals surface area contributed by atoms with Gasteiger partial charge in [-0.05, 0) is 32.0 Å². The fourth-order valence-electron chi connectivity index (χ4n) is 1.87. The number of ether oxygens (including phenoxy) is 1. The van der Waals surface area contributed by atoms with Gasteiger partial charge < -0.3 is 10.1 Å². The Morgan fingerprint density at radius 2 is 2.17 bits per heavy atom. The SMILES string of the molecule is CCOc1ncccc1NC(=O)Cn1nc(C(F)(F)F)cc1C. The van der Waals surface area contributed by atoms with Gasteiger partial charge in [-0.1, -0.05) is 0 Å². The van der Waals surface area contributed by atoms with E-state index < -0.39 is 17.8 Å². The number of amides is 1. The van der Waals surface area contributed by atoms with Crippen LogP contribution in [0.3, 0.4) is 0 Å². The van der Waals surface area contributed by atoms with Crippen molar-refractivity contribution in [1.29, 1.82) is 0 Å². The summed E-state index contributed by atoms with van der Waals surface area (Å²) in [6.07, 6.45) is -3.04. The van der Waals surface area contributed by atoms with Gasteiger partial charge in [-0.2, -0.15) is 18.3 Å². The van der Waals surface area contributed by atoms with Crippen molar-refractivity contribution in [1.82, 2.24) is 14.8 Å². The Bertz CT molecular complexity index is 698. The van der Waals surface area contributed by atoms with E-state index in [0.717, 1.165) is 10.7 Å². The predicted molar refractivity (Wildman–Crippen MR) is 76.0 cm³/mol. The second kappa shape index (κ2) is 6.67. The minimum Gasteiger partial charge on any atom is -0.476 e. The maximum Gasteiger partial charge on any atom is 0.435 e. The Balaban J connectivity index is 2.10. The second-order valence-corrected chi connectivity index (χ2v) is 4.66. The number of pyridine rings is 1. The molecule has 124 valence electrons. The van der Waals surface area contributed by atoms with E-state index in [1.165, 1.54) is 13.1 Å². The molecule has 2 heterocycles. The van der Waals surface area contributed by atoms with Crippen LogP contribution in [0, 0.1) is 6.92 Å². The number of rotatable bonds is 5. The maximum atomic E-state index is 12.6. The molecule has 2 aromatic heterocycles. The molecular weight excluding hydrogens is 313 g/mol. The number of hydrogen-bond donors (Lipinski definition) is 1. The van der Waals surface area contributed by atoms with Crippen molar-refractivity contribution in [2.24, 2.45) is 0 Å². The molecule has 1 N–H and O–H groups in total. The van der Waals surface area contributed by atoms with Gasteiger partial charge in [0.15, 0.2) is 5.69 Å². The van der Waals surface area contributed by atoms with Crippen molar-refractivity contribution >= 4 is 11.6 Å². The first-order valence-electron chi connectivity index (χ1n) is 6.80. The van der Waals surface area contributed by atoms with Crippen molar-refractivity contribution in [2.75, 3.05) is 11.9 Å². The largest absolute Gasteiger partial charge is 0.476 e. The van der Waals surface area contributed by atoms with Crippen molar-refractivity contribution in [3.63, 3.8) is 0 Å². The molecule has 0 aromatic carbocycles. The third kappa shape index (κ3) is 4.21. The summed E-state index contributed by atoms with van der Waals surface area (Å²) in [4.78, 5) is 16.0. The van der Waals surface area contributed by atoms with Crippen LogP contribution in [-0.4, -0.2) is 27.3 Å². The van der Waals surface area contributed by atoms with Gasteiger partial charge >= 0.3 is 6.18 Å². The van der Waals surface area contributed by atoms with Gasteiger partial charge in [-0.15, -0.1) is 0 Å². The summed E-state index contributed by atoms with van der Waals surface area (Å²) in [5, 5.41) is 5.96. The summed E-state index contributed by atoms with van der Waals surface area (Å²) in [7, 11) is 0. The molecule has 0 bridgehead atoms. The van der Waals surface area contributed by atoms with Crippen LogP contribution in [0.5, 0.6) is 5.88 Å². The van der Waals surface area contributed by atoms with E-state index in [1.54, 1.807) is 19.1 Å². The number of halogens is 3. The van der Waals surface area contributed by atoms with E-state index in [1.807, 2.05) is 0 Å². The topological polar surface area (TPSA) is 69.0 Å². The first kappa shape index (κ1) is 16.8. The molecule has 9 heteroatoms. The monoisotopic (exact) mass is 328 g/mol. The van der Waals surface area contributed by atoms with E-state index in [4.69, 9.17) is 4.74 Å². The fourth-order valence-corrected chi connectivity index (χ4v) is 1.87. The molecular formula is C14H15F3N4O2. The summed E-state index contributed by atoms with van der Waals surface area (Å²) >= 11 is 0. The summed E-state index contributed by atoms with van der Waals surface area (Å²) in [5.74, 6) is -0.282. The zero-order chi connectivity index (χ0) is 17.0. The molecule has 2 aromatic rings. The molecule has 6 nitrogen and oxygen atoms in total. The summed E-state index contributed by atoms with van der Waals surface area (Å²) in [6, 6.07) is 4.09. The van der Waals surface area contributed by atoms with Crippen LogP contribution in [-0.2, 0) is 17.5 Å². The number of hydrogen-bond acceptors (Lipinski definition) is 4. The molecule has 23 heavy (non-hydrogen) atoms. The number of anilines is 1. The Kier molecular flexibility index (Phi) is 4.87. The van der Waals surface area contributed by atoms with Gasteiger partial charge in [0.05, 0.1) is 6.61 Å². The Morgan fingerprint density at radius 1 is 1.43 bits per heavy atom. The molecule has 0 saturated heterocycles. The summed E-state index contributed by atoms with van der Waals surface area (Å²) in [6.45, 7) is 3.24. The second-order valence-electron chi connectivity index (χ2n) is 4.66. The zero-order valence-corrected chi connectivity index (χ0v) is 12.5. The van der Waals surface area contributed by atoms with Crippen LogP contribution >= 0.6 is 0 Å². The lowest BCUT2D eigenvalue weighted by atomic mass is 10.3. The van der Waals surface area contributed by atoms with E-state index in [2.05, 4.69) is 15.4 Å². The van der Waals surface area contributed by atoms with Crippen LogP contribution in [0.1, 0.15) is 18.3 Å². The molecule has 0 aliphatic heterocycles. The van der Waals surface area contributed by atoms with Gasteiger partial charge in [0.2, 0.25) is 11.8 Å². The third-order valence-corrected chi connectivity index (χ3v) is 2.89. The van der Waals surface area contributed by atoms with E-state index >= 15 is 0 Å². The van der Waals surface area contributed by atoms with Gasteiger partial charge in [-0.3, -0.25) is 9.48 Å².